The number of ether oxygens (including phenoxy) is 1. The lowest BCUT2D eigenvalue weighted by molar-refractivity contribution is -0.119. The topological polar surface area (TPSA) is 68.3 Å². The first-order chi connectivity index (χ1) is 10.9. The third-order valence-corrected chi connectivity index (χ3v) is 3.99. The number of nitrogens with one attached hydrogen (secondary N) is 1. The molecule has 0 aliphatic carbocycles. The van der Waals surface area contributed by atoms with Gasteiger partial charge in [-0.05, 0) is 24.6 Å². The van der Waals surface area contributed by atoms with E-state index < -0.39 is 18.5 Å². The Kier molecular flexibility index (Phi) is 5.82. The van der Waals surface area contributed by atoms with E-state index in [-0.39, 0.29) is 20.8 Å². The number of rotatable bonds is 4. The van der Waals surface area contributed by atoms with E-state index in [4.69, 9.17) is 39.5 Å². The number of aromatic nitrogens is 1. The highest BCUT2D eigenvalue weighted by Gasteiger charge is 2.19. The van der Waals surface area contributed by atoms with Gasteiger partial charge < -0.3 is 10.1 Å². The number of nitrogens with zero attached hydrogens (tertiary/aromatic N) is 1. The summed E-state index contributed by atoms with van der Waals surface area (Å²) in [7, 11) is 0. The standard InChI is InChI=1S/C15H11Cl3N2O3/c1-8-3-2-4-9(5-8)20-11(21)7-23-15(22)14-13(18)12(17)10(16)6-19-14/h2-6H,7H2,1H3,(H,20,21). The van der Waals surface area contributed by atoms with Crippen LogP contribution in [0.1, 0.15) is 16.1 Å². The number of amides is 1. The van der Waals surface area contributed by atoms with Crippen LogP contribution in [0.25, 0.3) is 0 Å². The molecule has 1 heterocycles. The number of benzene rings is 1. The van der Waals surface area contributed by atoms with Gasteiger partial charge in [0.05, 0.1) is 15.1 Å². The van der Waals surface area contributed by atoms with Gasteiger partial charge in [-0.3, -0.25) is 4.79 Å². The molecule has 0 aliphatic rings. The molecule has 2 rings (SSSR count). The molecule has 0 atom stereocenters. The van der Waals surface area contributed by atoms with E-state index in [0.29, 0.717) is 5.69 Å². The van der Waals surface area contributed by atoms with Gasteiger partial charge in [0.15, 0.2) is 12.3 Å². The predicted molar refractivity (Wildman–Crippen MR) is 89.4 cm³/mol. The Balaban J connectivity index is 1.96. The second-order valence-corrected chi connectivity index (χ2v) is 5.74. The van der Waals surface area contributed by atoms with Crippen LogP contribution in [0.2, 0.25) is 15.1 Å². The van der Waals surface area contributed by atoms with Crippen LogP contribution in [-0.2, 0) is 9.53 Å². The first-order valence-electron chi connectivity index (χ1n) is 6.41. The van der Waals surface area contributed by atoms with E-state index in [2.05, 4.69) is 10.3 Å². The summed E-state index contributed by atoms with van der Waals surface area (Å²) >= 11 is 17.4. The number of aryl methyl sites for hydroxylation is 1. The normalized spacial score (nSPS) is 10.3. The summed E-state index contributed by atoms with van der Waals surface area (Å²) in [6.45, 7) is 1.42. The highest BCUT2D eigenvalue weighted by atomic mass is 35.5. The Hall–Kier alpha value is -1.82. The molecule has 1 N–H and O–H groups in total. The second kappa shape index (κ2) is 7.64. The van der Waals surface area contributed by atoms with E-state index in [1.54, 1.807) is 18.2 Å². The maximum atomic E-state index is 11.9. The average molecular weight is 374 g/mol. The minimum atomic E-state index is -0.868. The molecule has 5 nitrogen and oxygen atoms in total. The molecule has 0 radical (unpaired) electrons. The molecular formula is C15H11Cl3N2O3. The highest BCUT2D eigenvalue weighted by molar-refractivity contribution is 6.48. The van der Waals surface area contributed by atoms with Gasteiger partial charge in [-0.2, -0.15) is 0 Å². The van der Waals surface area contributed by atoms with Crippen molar-refractivity contribution in [2.75, 3.05) is 11.9 Å². The van der Waals surface area contributed by atoms with Gasteiger partial charge in [0, 0.05) is 11.9 Å². The average Bonchev–Trinajstić information content (AvgIpc) is 2.50. The minimum absolute atomic E-state index is 0.000467. The number of hydrogen-bond donors (Lipinski definition) is 1. The second-order valence-electron chi connectivity index (χ2n) is 4.58. The number of anilines is 1. The smallest absolute Gasteiger partial charge is 0.359 e. The summed E-state index contributed by atoms with van der Waals surface area (Å²) in [5, 5.41) is 2.60. The van der Waals surface area contributed by atoms with Crippen LogP contribution >= 0.6 is 34.8 Å². The summed E-state index contributed by atoms with van der Waals surface area (Å²) in [6, 6.07) is 7.21. The van der Waals surface area contributed by atoms with Gasteiger partial charge in [-0.15, -0.1) is 0 Å². The Labute approximate surface area is 147 Å². The fourth-order valence-corrected chi connectivity index (χ4v) is 2.26. The molecular weight excluding hydrogens is 363 g/mol. The summed E-state index contributed by atoms with van der Waals surface area (Å²) in [6.07, 6.45) is 1.18. The molecule has 1 aromatic heterocycles. The quantitative estimate of drug-likeness (QED) is 0.818. The Morgan fingerprint density at radius 2 is 1.96 bits per heavy atom. The summed E-state index contributed by atoms with van der Waals surface area (Å²) in [5.74, 6) is -1.35. The van der Waals surface area contributed by atoms with Crippen LogP contribution in [0.4, 0.5) is 5.69 Å². The number of hydrogen-bond acceptors (Lipinski definition) is 4. The van der Waals surface area contributed by atoms with Gasteiger partial charge >= 0.3 is 5.97 Å². The Bertz CT molecular complexity index is 766. The van der Waals surface area contributed by atoms with Gasteiger partial charge in [-0.25, -0.2) is 9.78 Å². The highest BCUT2D eigenvalue weighted by Crippen LogP contribution is 2.31. The van der Waals surface area contributed by atoms with Gasteiger partial charge in [-0.1, -0.05) is 46.9 Å². The maximum absolute atomic E-state index is 11.9. The predicted octanol–water partition coefficient (Wildman–Crippen LogP) is 4.15. The van der Waals surface area contributed by atoms with E-state index in [9.17, 15) is 9.59 Å². The van der Waals surface area contributed by atoms with E-state index in [1.807, 2.05) is 13.0 Å². The first kappa shape index (κ1) is 17.5. The number of carbonyl (C=O) groups is 2. The largest absolute Gasteiger partial charge is 0.451 e. The minimum Gasteiger partial charge on any atom is -0.451 e. The summed E-state index contributed by atoms with van der Waals surface area (Å²) in [5.41, 5.74) is 1.40. The van der Waals surface area contributed by atoms with Gasteiger partial charge in [0.25, 0.3) is 5.91 Å². The fourth-order valence-electron chi connectivity index (χ4n) is 1.71. The maximum Gasteiger partial charge on any atom is 0.359 e. The molecule has 0 spiro atoms. The number of pyridine rings is 1. The van der Waals surface area contributed by atoms with E-state index in [1.165, 1.54) is 6.20 Å². The molecule has 0 unspecified atom stereocenters. The third kappa shape index (κ3) is 4.58. The van der Waals surface area contributed by atoms with Crippen molar-refractivity contribution < 1.29 is 14.3 Å². The molecule has 0 bridgehead atoms. The lowest BCUT2D eigenvalue weighted by atomic mass is 10.2. The van der Waals surface area contributed by atoms with Crippen molar-refractivity contribution in [1.82, 2.24) is 4.98 Å². The van der Waals surface area contributed by atoms with Crippen molar-refractivity contribution >= 4 is 52.4 Å². The van der Waals surface area contributed by atoms with Crippen molar-refractivity contribution in [2.45, 2.75) is 6.92 Å². The zero-order valence-corrected chi connectivity index (χ0v) is 14.2. The van der Waals surface area contributed by atoms with Gasteiger partial charge in [0.2, 0.25) is 0 Å². The lowest BCUT2D eigenvalue weighted by Crippen LogP contribution is -2.21. The first-order valence-corrected chi connectivity index (χ1v) is 7.55. The van der Waals surface area contributed by atoms with Crippen LogP contribution in [-0.4, -0.2) is 23.5 Å². The van der Waals surface area contributed by atoms with Crippen molar-refractivity contribution in [3.8, 4) is 0 Å². The zero-order valence-electron chi connectivity index (χ0n) is 11.9. The molecule has 0 saturated heterocycles. The van der Waals surface area contributed by atoms with E-state index >= 15 is 0 Å². The molecule has 120 valence electrons. The number of halogens is 3. The zero-order chi connectivity index (χ0) is 17.0. The fraction of sp³-hybridized carbons (Fsp3) is 0.133. The molecule has 23 heavy (non-hydrogen) atoms. The van der Waals surface area contributed by atoms with Crippen molar-refractivity contribution in [3.63, 3.8) is 0 Å². The molecule has 0 fully saturated rings. The van der Waals surface area contributed by atoms with Crippen molar-refractivity contribution in [2.24, 2.45) is 0 Å². The molecule has 0 saturated carbocycles. The van der Waals surface area contributed by atoms with Crippen molar-refractivity contribution in [3.05, 3.63) is 56.8 Å². The molecule has 1 amide bonds. The molecule has 2 aromatic rings. The SMILES string of the molecule is Cc1cccc(NC(=O)COC(=O)c2ncc(Cl)c(Cl)c2Cl)c1. The molecule has 1 aromatic carbocycles. The molecule has 8 heteroatoms. The summed E-state index contributed by atoms with van der Waals surface area (Å²) < 4.78 is 4.87. The van der Waals surface area contributed by atoms with Crippen LogP contribution < -0.4 is 5.32 Å². The Morgan fingerprint density at radius 1 is 1.22 bits per heavy atom. The Morgan fingerprint density at radius 3 is 2.65 bits per heavy atom. The number of esters is 1. The van der Waals surface area contributed by atoms with Crippen LogP contribution in [0.3, 0.4) is 0 Å². The summed E-state index contributed by atoms with van der Waals surface area (Å²) in [4.78, 5) is 27.4. The third-order valence-electron chi connectivity index (χ3n) is 2.75. The van der Waals surface area contributed by atoms with Crippen LogP contribution in [0.15, 0.2) is 30.5 Å². The number of carbonyl (C=O) groups excluding carboxylic acids is 2. The van der Waals surface area contributed by atoms with Crippen LogP contribution in [0, 0.1) is 6.92 Å². The molecule has 0 aliphatic heterocycles. The van der Waals surface area contributed by atoms with Crippen LogP contribution in [0.5, 0.6) is 0 Å². The van der Waals surface area contributed by atoms with Crippen molar-refractivity contribution in [1.29, 1.82) is 0 Å². The van der Waals surface area contributed by atoms with Gasteiger partial charge in [0.1, 0.15) is 0 Å². The van der Waals surface area contributed by atoms with E-state index in [0.717, 1.165) is 5.56 Å². The lowest BCUT2D eigenvalue weighted by Gasteiger charge is -2.08. The monoisotopic (exact) mass is 372 g/mol.